The molecule has 0 bridgehead atoms. The second-order valence-electron chi connectivity index (χ2n) is 5.77. The van der Waals surface area contributed by atoms with Crippen molar-refractivity contribution in [3.8, 4) is 11.8 Å². The molecular formula is C20H17N3O2. The second kappa shape index (κ2) is 7.02. The molecule has 0 atom stereocenters. The molecule has 0 saturated heterocycles. The number of nitriles is 1. The average molecular weight is 331 g/mol. The van der Waals surface area contributed by atoms with Crippen LogP contribution in [0, 0.1) is 25.2 Å². The summed E-state index contributed by atoms with van der Waals surface area (Å²) in [4.78, 5) is 12.2. The average Bonchev–Trinajstić information content (AvgIpc) is 2.98. The van der Waals surface area contributed by atoms with Crippen molar-refractivity contribution in [3.05, 3.63) is 82.7 Å². The molecule has 0 amide bonds. The zero-order valence-electron chi connectivity index (χ0n) is 14.1. The van der Waals surface area contributed by atoms with E-state index in [1.54, 1.807) is 30.3 Å². The first kappa shape index (κ1) is 16.5. The van der Waals surface area contributed by atoms with Gasteiger partial charge in [0.05, 0.1) is 28.6 Å². The summed E-state index contributed by atoms with van der Waals surface area (Å²) in [7, 11) is 0. The molecule has 2 aromatic carbocycles. The first-order valence-electron chi connectivity index (χ1n) is 7.86. The van der Waals surface area contributed by atoms with Gasteiger partial charge in [0.1, 0.15) is 6.61 Å². The molecule has 1 heterocycles. The molecule has 0 aliphatic rings. The van der Waals surface area contributed by atoms with Gasteiger partial charge < -0.3 is 4.74 Å². The molecule has 1 aromatic heterocycles. The molecular weight excluding hydrogens is 314 g/mol. The lowest BCUT2D eigenvalue weighted by Gasteiger charge is -2.07. The molecule has 124 valence electrons. The lowest BCUT2D eigenvalue weighted by Crippen LogP contribution is -2.06. The van der Waals surface area contributed by atoms with Crippen molar-refractivity contribution in [1.29, 1.82) is 5.26 Å². The van der Waals surface area contributed by atoms with E-state index in [4.69, 9.17) is 10.00 Å². The quantitative estimate of drug-likeness (QED) is 0.683. The van der Waals surface area contributed by atoms with Crippen LogP contribution in [0.25, 0.3) is 5.69 Å². The summed E-state index contributed by atoms with van der Waals surface area (Å²) in [5, 5.41) is 13.3. The highest BCUT2D eigenvalue weighted by atomic mass is 16.5. The number of aryl methyl sites for hydroxylation is 2. The maximum absolute atomic E-state index is 12.2. The topological polar surface area (TPSA) is 67.9 Å². The molecule has 5 heteroatoms. The van der Waals surface area contributed by atoms with Gasteiger partial charge in [0.15, 0.2) is 0 Å². The third kappa shape index (κ3) is 3.75. The van der Waals surface area contributed by atoms with Crippen LogP contribution < -0.4 is 0 Å². The van der Waals surface area contributed by atoms with Crippen molar-refractivity contribution in [2.75, 3.05) is 0 Å². The summed E-state index contributed by atoms with van der Waals surface area (Å²) >= 11 is 0. The number of esters is 1. The Balaban J connectivity index is 1.68. The highest BCUT2D eigenvalue weighted by Crippen LogP contribution is 2.14. The number of hydrogen-bond donors (Lipinski definition) is 0. The number of carbonyl (C=O) groups is 1. The van der Waals surface area contributed by atoms with E-state index in [0.717, 1.165) is 22.6 Å². The van der Waals surface area contributed by atoms with E-state index < -0.39 is 5.97 Å². The molecule has 3 rings (SSSR count). The summed E-state index contributed by atoms with van der Waals surface area (Å²) in [5.74, 6) is -0.401. The number of hydrogen-bond acceptors (Lipinski definition) is 4. The Morgan fingerprint density at radius 1 is 1.16 bits per heavy atom. The summed E-state index contributed by atoms with van der Waals surface area (Å²) in [5.41, 5.74) is 4.67. The minimum Gasteiger partial charge on any atom is -0.457 e. The van der Waals surface area contributed by atoms with E-state index in [1.807, 2.05) is 42.8 Å². The highest BCUT2D eigenvalue weighted by molar-refractivity contribution is 5.89. The molecule has 3 aromatic rings. The first-order valence-corrected chi connectivity index (χ1v) is 7.86. The van der Waals surface area contributed by atoms with Gasteiger partial charge in [-0.2, -0.15) is 10.4 Å². The zero-order chi connectivity index (χ0) is 17.8. The maximum Gasteiger partial charge on any atom is 0.338 e. The molecule has 0 radical (unpaired) electrons. The van der Waals surface area contributed by atoms with Gasteiger partial charge in [-0.05, 0) is 61.9 Å². The SMILES string of the molecule is Cc1cc(C)n(-c2ccc(C(=O)OCc3cccc(C#N)c3)cc2)n1. The molecule has 5 nitrogen and oxygen atoms in total. The van der Waals surface area contributed by atoms with Crippen LogP contribution in [0.2, 0.25) is 0 Å². The Hall–Kier alpha value is -3.39. The number of nitrogens with zero attached hydrogens (tertiary/aromatic N) is 3. The van der Waals surface area contributed by atoms with E-state index in [9.17, 15) is 4.79 Å². The van der Waals surface area contributed by atoms with Crippen LogP contribution in [0.5, 0.6) is 0 Å². The standard InChI is InChI=1S/C20H17N3O2/c1-14-10-15(2)23(22-14)19-8-6-18(7-9-19)20(24)25-13-17-5-3-4-16(11-17)12-21/h3-11H,13H2,1-2H3. The van der Waals surface area contributed by atoms with Gasteiger partial charge >= 0.3 is 5.97 Å². The van der Waals surface area contributed by atoms with E-state index in [1.165, 1.54) is 0 Å². The van der Waals surface area contributed by atoms with Crippen molar-refractivity contribution in [2.24, 2.45) is 0 Å². The van der Waals surface area contributed by atoms with E-state index in [0.29, 0.717) is 11.1 Å². The van der Waals surface area contributed by atoms with Crippen LogP contribution in [0.1, 0.15) is 32.9 Å². The Bertz CT molecular complexity index is 950. The normalized spacial score (nSPS) is 10.3. The zero-order valence-corrected chi connectivity index (χ0v) is 14.1. The van der Waals surface area contributed by atoms with Crippen LogP contribution in [0.4, 0.5) is 0 Å². The molecule has 0 saturated carbocycles. The van der Waals surface area contributed by atoms with Gasteiger partial charge in [0, 0.05) is 5.69 Å². The van der Waals surface area contributed by atoms with Crippen molar-refractivity contribution >= 4 is 5.97 Å². The Kier molecular flexibility index (Phi) is 4.62. The summed E-state index contributed by atoms with van der Waals surface area (Å²) < 4.78 is 7.15. The Morgan fingerprint density at radius 2 is 1.92 bits per heavy atom. The predicted molar refractivity (Wildman–Crippen MR) is 93.3 cm³/mol. The number of rotatable bonds is 4. The van der Waals surface area contributed by atoms with Crippen LogP contribution in [-0.4, -0.2) is 15.7 Å². The van der Waals surface area contributed by atoms with Crippen molar-refractivity contribution < 1.29 is 9.53 Å². The molecule has 0 unspecified atom stereocenters. The predicted octanol–water partition coefficient (Wildman–Crippen LogP) is 3.72. The lowest BCUT2D eigenvalue weighted by atomic mass is 10.1. The molecule has 0 fully saturated rings. The monoisotopic (exact) mass is 331 g/mol. The minimum absolute atomic E-state index is 0.133. The van der Waals surface area contributed by atoms with Gasteiger partial charge in [-0.25, -0.2) is 9.48 Å². The number of ether oxygens (including phenoxy) is 1. The summed E-state index contributed by atoms with van der Waals surface area (Å²) in [6.07, 6.45) is 0. The largest absolute Gasteiger partial charge is 0.457 e. The van der Waals surface area contributed by atoms with E-state index in [-0.39, 0.29) is 6.61 Å². The first-order chi connectivity index (χ1) is 12.1. The molecule has 0 aliphatic heterocycles. The van der Waals surface area contributed by atoms with Crippen LogP contribution >= 0.6 is 0 Å². The number of aromatic nitrogens is 2. The van der Waals surface area contributed by atoms with Gasteiger partial charge in [0.25, 0.3) is 0 Å². The minimum atomic E-state index is -0.401. The number of carbonyl (C=O) groups excluding carboxylic acids is 1. The van der Waals surface area contributed by atoms with Gasteiger partial charge in [-0.3, -0.25) is 0 Å². The maximum atomic E-state index is 12.2. The smallest absolute Gasteiger partial charge is 0.338 e. The third-order valence-electron chi connectivity index (χ3n) is 3.78. The fourth-order valence-corrected chi connectivity index (χ4v) is 2.59. The summed E-state index contributed by atoms with van der Waals surface area (Å²) in [6.45, 7) is 4.06. The van der Waals surface area contributed by atoms with Gasteiger partial charge in [-0.15, -0.1) is 0 Å². The van der Waals surface area contributed by atoms with Crippen molar-refractivity contribution in [2.45, 2.75) is 20.5 Å². The summed E-state index contributed by atoms with van der Waals surface area (Å²) in [6, 6.07) is 18.2. The molecule has 0 spiro atoms. The third-order valence-corrected chi connectivity index (χ3v) is 3.78. The highest BCUT2D eigenvalue weighted by Gasteiger charge is 2.09. The van der Waals surface area contributed by atoms with Gasteiger partial charge in [-0.1, -0.05) is 12.1 Å². The van der Waals surface area contributed by atoms with Crippen molar-refractivity contribution in [1.82, 2.24) is 9.78 Å². The fraction of sp³-hybridized carbons (Fsp3) is 0.150. The Labute approximate surface area is 146 Å². The molecule has 0 N–H and O–H groups in total. The molecule has 0 aliphatic carbocycles. The van der Waals surface area contributed by atoms with E-state index >= 15 is 0 Å². The lowest BCUT2D eigenvalue weighted by molar-refractivity contribution is 0.0472. The Morgan fingerprint density at radius 3 is 2.56 bits per heavy atom. The van der Waals surface area contributed by atoms with Crippen LogP contribution in [-0.2, 0) is 11.3 Å². The van der Waals surface area contributed by atoms with Gasteiger partial charge in [0.2, 0.25) is 0 Å². The second-order valence-corrected chi connectivity index (χ2v) is 5.77. The molecule has 25 heavy (non-hydrogen) atoms. The van der Waals surface area contributed by atoms with Crippen molar-refractivity contribution in [3.63, 3.8) is 0 Å². The van der Waals surface area contributed by atoms with Crippen LogP contribution in [0.3, 0.4) is 0 Å². The van der Waals surface area contributed by atoms with E-state index in [2.05, 4.69) is 11.2 Å². The van der Waals surface area contributed by atoms with Crippen LogP contribution in [0.15, 0.2) is 54.6 Å². The fourth-order valence-electron chi connectivity index (χ4n) is 2.59. The number of benzene rings is 2.